The highest BCUT2D eigenvalue weighted by Gasteiger charge is 2.33. The number of aryl methyl sites for hydroxylation is 1. The molecule has 1 saturated heterocycles. The first-order chi connectivity index (χ1) is 14.2. The minimum Gasteiger partial charge on any atom is -0.447 e. The first-order valence-electron chi connectivity index (χ1n) is 10.00. The van der Waals surface area contributed by atoms with Gasteiger partial charge in [0, 0.05) is 13.1 Å². The number of ketones is 1. The summed E-state index contributed by atoms with van der Waals surface area (Å²) >= 11 is 0. The molecule has 30 heavy (non-hydrogen) atoms. The van der Waals surface area contributed by atoms with E-state index in [1.165, 1.54) is 6.92 Å². The van der Waals surface area contributed by atoms with E-state index in [1.807, 2.05) is 44.2 Å². The summed E-state index contributed by atoms with van der Waals surface area (Å²) in [5.41, 5.74) is 1.94. The van der Waals surface area contributed by atoms with Crippen molar-refractivity contribution in [3.05, 3.63) is 47.3 Å². The second kappa shape index (κ2) is 8.79. The quantitative estimate of drug-likeness (QED) is 0.424. The zero-order chi connectivity index (χ0) is 22.0. The lowest BCUT2D eigenvalue weighted by atomic mass is 10.1. The summed E-state index contributed by atoms with van der Waals surface area (Å²) in [6.07, 6.45) is -1.27. The molecule has 3 atom stereocenters. The fourth-order valence-electron chi connectivity index (χ4n) is 3.77. The second-order valence-corrected chi connectivity index (χ2v) is 7.67. The minimum absolute atomic E-state index is 0.101. The number of Topliss-reactive ketones (excluding diaryl/α,β-unsaturated/α-hetero) is 1. The lowest BCUT2D eigenvalue weighted by molar-refractivity contribution is -0.161. The van der Waals surface area contributed by atoms with E-state index < -0.39 is 17.9 Å². The Kier molecular flexibility index (Phi) is 6.36. The van der Waals surface area contributed by atoms with Crippen LogP contribution in [-0.2, 0) is 19.1 Å². The van der Waals surface area contributed by atoms with Gasteiger partial charge in [0.1, 0.15) is 0 Å². The molecule has 0 N–H and O–H groups in total. The van der Waals surface area contributed by atoms with Crippen LogP contribution in [0.25, 0.3) is 5.69 Å². The van der Waals surface area contributed by atoms with E-state index in [1.54, 1.807) is 23.4 Å². The molecule has 8 nitrogen and oxygen atoms in total. The number of para-hydroxylation sites is 1. The van der Waals surface area contributed by atoms with E-state index >= 15 is 0 Å². The predicted molar refractivity (Wildman–Crippen MR) is 110 cm³/mol. The van der Waals surface area contributed by atoms with Gasteiger partial charge in [-0.05, 0) is 46.8 Å². The van der Waals surface area contributed by atoms with Gasteiger partial charge in [0.25, 0.3) is 11.7 Å². The second-order valence-electron chi connectivity index (χ2n) is 7.67. The molecule has 1 aromatic heterocycles. The molecule has 2 heterocycles. The Hall–Kier alpha value is -3.00. The summed E-state index contributed by atoms with van der Waals surface area (Å²) in [6, 6.07) is 9.32. The van der Waals surface area contributed by atoms with Crippen LogP contribution in [0.2, 0.25) is 0 Å². The van der Waals surface area contributed by atoms with Crippen molar-refractivity contribution in [2.45, 2.75) is 52.9 Å². The Balaban J connectivity index is 1.72. The number of amides is 1. The van der Waals surface area contributed by atoms with Crippen molar-refractivity contribution in [1.29, 1.82) is 0 Å². The molecule has 0 bridgehead atoms. The summed E-state index contributed by atoms with van der Waals surface area (Å²) in [4.78, 5) is 39.6. The molecule has 3 unspecified atom stereocenters. The van der Waals surface area contributed by atoms with Gasteiger partial charge in [-0.1, -0.05) is 18.2 Å². The van der Waals surface area contributed by atoms with Gasteiger partial charge >= 0.3 is 5.97 Å². The molecule has 1 aromatic carbocycles. The number of ether oxygens (including phenoxy) is 2. The number of nitrogens with zero attached hydrogens (tertiary/aromatic N) is 3. The molecule has 1 fully saturated rings. The Morgan fingerprint density at radius 2 is 1.70 bits per heavy atom. The number of carbonyl (C=O) groups excluding carboxylic acids is 3. The Bertz CT molecular complexity index is 943. The van der Waals surface area contributed by atoms with Crippen molar-refractivity contribution in [2.75, 3.05) is 13.1 Å². The molecule has 160 valence electrons. The number of benzene rings is 1. The van der Waals surface area contributed by atoms with Gasteiger partial charge in [-0.25, -0.2) is 9.48 Å². The van der Waals surface area contributed by atoms with Crippen molar-refractivity contribution >= 4 is 17.7 Å². The maximum Gasteiger partial charge on any atom is 0.380 e. The summed E-state index contributed by atoms with van der Waals surface area (Å²) in [7, 11) is 0. The highest BCUT2D eigenvalue weighted by molar-refractivity contribution is 6.41. The number of carbonyl (C=O) groups is 3. The maximum atomic E-state index is 12.8. The van der Waals surface area contributed by atoms with Gasteiger partial charge in [0.05, 0.1) is 34.8 Å². The highest BCUT2D eigenvalue weighted by Crippen LogP contribution is 2.19. The zero-order valence-electron chi connectivity index (χ0n) is 17.9. The van der Waals surface area contributed by atoms with E-state index in [-0.39, 0.29) is 23.7 Å². The fraction of sp³-hybridized carbons (Fsp3) is 0.455. The molecule has 1 aliphatic rings. The van der Waals surface area contributed by atoms with E-state index in [2.05, 4.69) is 5.10 Å². The van der Waals surface area contributed by atoms with Crippen LogP contribution in [0.15, 0.2) is 30.3 Å². The lowest BCUT2D eigenvalue weighted by Gasteiger charge is -2.36. The topological polar surface area (TPSA) is 90.7 Å². The average molecular weight is 413 g/mol. The van der Waals surface area contributed by atoms with Crippen molar-refractivity contribution in [1.82, 2.24) is 14.7 Å². The van der Waals surface area contributed by atoms with E-state index in [0.29, 0.717) is 24.5 Å². The zero-order valence-corrected chi connectivity index (χ0v) is 17.9. The predicted octanol–water partition coefficient (Wildman–Crippen LogP) is 2.24. The molecule has 8 heteroatoms. The first-order valence-corrected chi connectivity index (χ1v) is 10.00. The molecular weight excluding hydrogens is 386 g/mol. The van der Waals surface area contributed by atoms with Gasteiger partial charge < -0.3 is 14.4 Å². The smallest absolute Gasteiger partial charge is 0.380 e. The van der Waals surface area contributed by atoms with Gasteiger partial charge in [0.15, 0.2) is 6.10 Å². The van der Waals surface area contributed by atoms with Crippen molar-refractivity contribution in [3.63, 3.8) is 0 Å². The lowest BCUT2D eigenvalue weighted by Crippen LogP contribution is -2.51. The molecule has 1 aliphatic heterocycles. The Morgan fingerprint density at radius 1 is 1.10 bits per heavy atom. The summed E-state index contributed by atoms with van der Waals surface area (Å²) in [5.74, 6) is -2.22. The first kappa shape index (κ1) is 21.7. The van der Waals surface area contributed by atoms with Crippen molar-refractivity contribution in [2.24, 2.45) is 0 Å². The number of hydrogen-bond acceptors (Lipinski definition) is 6. The van der Waals surface area contributed by atoms with E-state index in [0.717, 1.165) is 5.69 Å². The van der Waals surface area contributed by atoms with Gasteiger partial charge in [-0.3, -0.25) is 9.59 Å². The molecule has 0 aliphatic carbocycles. The third-order valence-corrected chi connectivity index (χ3v) is 5.07. The molecule has 2 aromatic rings. The van der Waals surface area contributed by atoms with Crippen LogP contribution in [-0.4, -0.2) is 63.7 Å². The highest BCUT2D eigenvalue weighted by atomic mass is 16.6. The van der Waals surface area contributed by atoms with Gasteiger partial charge in [-0.15, -0.1) is 0 Å². The minimum atomic E-state index is -1.07. The molecular formula is C22H27N3O5. The van der Waals surface area contributed by atoms with Crippen LogP contribution in [0.5, 0.6) is 0 Å². The number of hydrogen-bond donors (Lipinski definition) is 0. The van der Waals surface area contributed by atoms with Crippen molar-refractivity contribution in [3.8, 4) is 5.69 Å². The number of aromatic nitrogens is 2. The summed E-state index contributed by atoms with van der Waals surface area (Å²) < 4.78 is 12.5. The summed E-state index contributed by atoms with van der Waals surface area (Å²) in [5, 5.41) is 4.39. The molecule has 0 saturated carbocycles. The van der Waals surface area contributed by atoms with Crippen LogP contribution in [0.3, 0.4) is 0 Å². The van der Waals surface area contributed by atoms with Crippen LogP contribution >= 0.6 is 0 Å². The van der Waals surface area contributed by atoms with E-state index in [4.69, 9.17) is 9.47 Å². The third kappa shape index (κ3) is 4.43. The molecule has 3 rings (SSSR count). The van der Waals surface area contributed by atoms with Crippen LogP contribution in [0, 0.1) is 13.8 Å². The Labute approximate surface area is 175 Å². The number of morpholine rings is 1. The average Bonchev–Trinajstić information content (AvgIpc) is 3.00. The standard InChI is InChI=1S/C22H27N3O5/c1-13-11-24(12-14(2)29-13)21(27)17(5)30-22(28)20(26)19-15(3)23-25(16(19)4)18-9-7-6-8-10-18/h6-10,13-14,17H,11-12H2,1-5H3. The van der Waals surface area contributed by atoms with E-state index in [9.17, 15) is 14.4 Å². The summed E-state index contributed by atoms with van der Waals surface area (Å²) in [6.45, 7) is 9.46. The van der Waals surface area contributed by atoms with Crippen LogP contribution in [0.4, 0.5) is 0 Å². The Morgan fingerprint density at radius 3 is 2.30 bits per heavy atom. The maximum absolute atomic E-state index is 12.8. The molecule has 0 spiro atoms. The number of esters is 1. The monoisotopic (exact) mass is 413 g/mol. The van der Waals surface area contributed by atoms with Gasteiger partial charge in [0.2, 0.25) is 0 Å². The number of rotatable bonds is 5. The van der Waals surface area contributed by atoms with Crippen LogP contribution in [0.1, 0.15) is 42.5 Å². The SMILES string of the molecule is Cc1nn(-c2ccccc2)c(C)c1C(=O)C(=O)OC(C)C(=O)N1CC(C)OC(C)C1. The van der Waals surface area contributed by atoms with Gasteiger partial charge in [-0.2, -0.15) is 5.10 Å². The normalized spacial score (nSPS) is 20.0. The molecule has 0 radical (unpaired) electrons. The fourth-order valence-corrected chi connectivity index (χ4v) is 3.77. The largest absolute Gasteiger partial charge is 0.447 e. The third-order valence-electron chi connectivity index (χ3n) is 5.07. The molecule has 1 amide bonds. The van der Waals surface area contributed by atoms with Crippen LogP contribution < -0.4 is 0 Å². The van der Waals surface area contributed by atoms with Crippen molar-refractivity contribution < 1.29 is 23.9 Å².